The summed E-state index contributed by atoms with van der Waals surface area (Å²) in [5.41, 5.74) is 0.830. The average molecular weight is 125 g/mol. The molecule has 0 amide bonds. The van der Waals surface area contributed by atoms with Crippen LogP contribution in [0.2, 0.25) is 0 Å². The second kappa shape index (κ2) is 2.53. The first-order valence-electron chi connectivity index (χ1n) is 2.72. The number of aromatic nitrogens is 2. The van der Waals surface area contributed by atoms with Crippen LogP contribution in [0, 0.1) is 12.3 Å². The summed E-state index contributed by atoms with van der Waals surface area (Å²) >= 11 is 0. The summed E-state index contributed by atoms with van der Waals surface area (Å²) in [7, 11) is 0. The quantitative estimate of drug-likeness (QED) is 0.523. The van der Waals surface area contributed by atoms with Crippen LogP contribution in [0.1, 0.15) is 12.5 Å². The van der Waals surface area contributed by atoms with Gasteiger partial charge in [-0.25, -0.2) is 9.97 Å². The van der Waals surface area contributed by atoms with E-state index in [0.717, 1.165) is 12.0 Å². The predicted octanol–water partition coefficient (Wildman–Crippen LogP) is 0.978. The standard InChI is InChI=1S/C6H6FN2/c1-2-5-3-8-6(7)9-4-5/h3H,2H2,1H3. The molecule has 0 saturated heterocycles. The maximum absolute atomic E-state index is 12.0. The van der Waals surface area contributed by atoms with Gasteiger partial charge in [-0.2, -0.15) is 4.39 Å². The van der Waals surface area contributed by atoms with Gasteiger partial charge < -0.3 is 0 Å². The molecule has 1 aromatic rings. The van der Waals surface area contributed by atoms with E-state index in [1.807, 2.05) is 6.92 Å². The third-order valence-electron chi connectivity index (χ3n) is 1.000. The van der Waals surface area contributed by atoms with E-state index in [9.17, 15) is 4.39 Å². The molecule has 1 rings (SSSR count). The molecule has 1 heterocycles. The Labute approximate surface area is 52.8 Å². The van der Waals surface area contributed by atoms with Gasteiger partial charge in [0.2, 0.25) is 0 Å². The van der Waals surface area contributed by atoms with Crippen molar-refractivity contribution in [1.82, 2.24) is 9.97 Å². The zero-order valence-corrected chi connectivity index (χ0v) is 5.06. The fourth-order valence-corrected chi connectivity index (χ4v) is 0.477. The molecule has 3 heteroatoms. The van der Waals surface area contributed by atoms with Crippen LogP contribution < -0.4 is 0 Å². The molecule has 0 fully saturated rings. The summed E-state index contributed by atoms with van der Waals surface area (Å²) in [5.74, 6) is 0. The van der Waals surface area contributed by atoms with Crippen molar-refractivity contribution in [2.75, 3.05) is 0 Å². The van der Waals surface area contributed by atoms with Crippen LogP contribution in [0.5, 0.6) is 0 Å². The third-order valence-corrected chi connectivity index (χ3v) is 1.000. The summed E-state index contributed by atoms with van der Waals surface area (Å²) in [5, 5.41) is 0. The topological polar surface area (TPSA) is 25.8 Å². The van der Waals surface area contributed by atoms with E-state index in [1.54, 1.807) is 0 Å². The van der Waals surface area contributed by atoms with Crippen LogP contribution in [0.15, 0.2) is 6.20 Å². The van der Waals surface area contributed by atoms with Gasteiger partial charge in [-0.05, 0) is 12.0 Å². The number of rotatable bonds is 1. The zero-order valence-electron chi connectivity index (χ0n) is 5.06. The van der Waals surface area contributed by atoms with E-state index in [0.29, 0.717) is 0 Å². The molecule has 0 spiro atoms. The second-order valence-electron chi connectivity index (χ2n) is 1.63. The number of hydrogen-bond donors (Lipinski definition) is 0. The molecule has 0 aliphatic heterocycles. The van der Waals surface area contributed by atoms with Gasteiger partial charge in [-0.3, -0.25) is 0 Å². The van der Waals surface area contributed by atoms with Crippen molar-refractivity contribution in [3.05, 3.63) is 24.0 Å². The molecule has 0 aromatic carbocycles. The molecule has 0 bridgehead atoms. The summed E-state index contributed by atoms with van der Waals surface area (Å²) in [4.78, 5) is 6.59. The fourth-order valence-electron chi connectivity index (χ4n) is 0.477. The van der Waals surface area contributed by atoms with E-state index in [2.05, 4.69) is 16.2 Å². The van der Waals surface area contributed by atoms with Gasteiger partial charge in [0.15, 0.2) is 0 Å². The third kappa shape index (κ3) is 1.45. The minimum absolute atomic E-state index is 0.716. The highest BCUT2D eigenvalue weighted by atomic mass is 19.1. The molecular formula is C6H6FN2. The Hall–Kier alpha value is -0.990. The van der Waals surface area contributed by atoms with E-state index in [4.69, 9.17) is 0 Å². The van der Waals surface area contributed by atoms with Gasteiger partial charge in [0.1, 0.15) is 0 Å². The van der Waals surface area contributed by atoms with Gasteiger partial charge in [0.05, 0.1) is 6.20 Å². The minimum atomic E-state index is -0.716. The first kappa shape index (κ1) is 6.13. The molecule has 1 radical (unpaired) electrons. The number of halogens is 1. The largest absolute Gasteiger partial charge is 0.309 e. The van der Waals surface area contributed by atoms with E-state index < -0.39 is 6.08 Å². The van der Waals surface area contributed by atoms with Crippen LogP contribution in [0.4, 0.5) is 4.39 Å². The second-order valence-corrected chi connectivity index (χ2v) is 1.63. The summed E-state index contributed by atoms with van der Waals surface area (Å²) < 4.78 is 12.0. The lowest BCUT2D eigenvalue weighted by molar-refractivity contribution is 0.535. The maximum atomic E-state index is 12.0. The Morgan fingerprint density at radius 1 is 1.78 bits per heavy atom. The molecule has 0 unspecified atom stereocenters. The molecule has 0 aliphatic rings. The Kier molecular flexibility index (Phi) is 1.72. The highest BCUT2D eigenvalue weighted by Crippen LogP contribution is 1.93. The van der Waals surface area contributed by atoms with Crippen molar-refractivity contribution >= 4 is 0 Å². The normalized spacial score (nSPS) is 9.56. The van der Waals surface area contributed by atoms with Crippen LogP contribution in [-0.2, 0) is 6.42 Å². The molecular weight excluding hydrogens is 119 g/mol. The first-order chi connectivity index (χ1) is 4.33. The SMILES string of the molecule is CCc1[c]nc(F)nc1. The van der Waals surface area contributed by atoms with Gasteiger partial charge in [-0.1, -0.05) is 6.92 Å². The molecule has 0 saturated carbocycles. The number of aryl methyl sites for hydroxylation is 1. The van der Waals surface area contributed by atoms with Crippen LogP contribution >= 0.6 is 0 Å². The van der Waals surface area contributed by atoms with E-state index in [1.165, 1.54) is 6.20 Å². The Balaban J connectivity index is 2.88. The van der Waals surface area contributed by atoms with Crippen LogP contribution in [0.3, 0.4) is 0 Å². The maximum Gasteiger partial charge on any atom is 0.309 e. The smallest absolute Gasteiger partial charge is 0.210 e. The summed E-state index contributed by atoms with van der Waals surface area (Å²) in [6, 6.07) is 0. The van der Waals surface area contributed by atoms with Gasteiger partial charge >= 0.3 is 6.08 Å². The molecule has 9 heavy (non-hydrogen) atoms. The number of nitrogens with zero attached hydrogens (tertiary/aromatic N) is 2. The fraction of sp³-hybridized carbons (Fsp3) is 0.333. The van der Waals surface area contributed by atoms with Crippen LogP contribution in [0.25, 0.3) is 0 Å². The molecule has 1 aromatic heterocycles. The molecule has 0 aliphatic carbocycles. The molecule has 2 nitrogen and oxygen atoms in total. The lowest BCUT2D eigenvalue weighted by Gasteiger charge is -1.89. The zero-order chi connectivity index (χ0) is 6.69. The average Bonchev–Trinajstić information content (AvgIpc) is 1.90. The lowest BCUT2D eigenvalue weighted by Crippen LogP contribution is -1.90. The van der Waals surface area contributed by atoms with Gasteiger partial charge in [0, 0.05) is 6.20 Å². The van der Waals surface area contributed by atoms with Crippen molar-refractivity contribution in [2.45, 2.75) is 13.3 Å². The molecule has 0 N–H and O–H groups in total. The number of hydrogen-bond acceptors (Lipinski definition) is 2. The first-order valence-corrected chi connectivity index (χ1v) is 2.72. The van der Waals surface area contributed by atoms with Crippen molar-refractivity contribution in [1.29, 1.82) is 0 Å². The van der Waals surface area contributed by atoms with Crippen molar-refractivity contribution in [2.24, 2.45) is 0 Å². The van der Waals surface area contributed by atoms with Gasteiger partial charge in [-0.15, -0.1) is 0 Å². The van der Waals surface area contributed by atoms with E-state index in [-0.39, 0.29) is 0 Å². The van der Waals surface area contributed by atoms with Gasteiger partial charge in [0.25, 0.3) is 0 Å². The van der Waals surface area contributed by atoms with Crippen LogP contribution in [-0.4, -0.2) is 9.97 Å². The van der Waals surface area contributed by atoms with Crippen molar-refractivity contribution in [3.8, 4) is 0 Å². The van der Waals surface area contributed by atoms with E-state index >= 15 is 0 Å². The molecule has 0 atom stereocenters. The summed E-state index contributed by atoms with van der Waals surface area (Å²) in [6.07, 6.45) is 4.01. The highest BCUT2D eigenvalue weighted by Gasteiger charge is 1.91. The minimum Gasteiger partial charge on any atom is -0.210 e. The Morgan fingerprint density at radius 2 is 2.56 bits per heavy atom. The predicted molar refractivity (Wildman–Crippen MR) is 30.2 cm³/mol. The monoisotopic (exact) mass is 125 g/mol. The van der Waals surface area contributed by atoms with Crippen molar-refractivity contribution < 1.29 is 4.39 Å². The lowest BCUT2D eigenvalue weighted by atomic mass is 10.3. The Bertz CT molecular complexity index is 183. The highest BCUT2D eigenvalue weighted by molar-refractivity contribution is 4.99. The summed E-state index contributed by atoms with van der Waals surface area (Å²) in [6.45, 7) is 1.94. The molecule has 47 valence electrons. The Morgan fingerprint density at radius 3 is 3.00 bits per heavy atom. The van der Waals surface area contributed by atoms with Crippen molar-refractivity contribution in [3.63, 3.8) is 0 Å².